The van der Waals surface area contributed by atoms with Gasteiger partial charge in [-0.3, -0.25) is 9.78 Å². The number of nitrogens with zero attached hydrogens (tertiary/aromatic N) is 3. The number of aromatic nitrogens is 3. The minimum Gasteiger partial charge on any atom is -0.494 e. The summed E-state index contributed by atoms with van der Waals surface area (Å²) in [5, 5.41) is 7.88. The number of ether oxygens (including phenoxy) is 1. The Kier molecular flexibility index (Phi) is 5.70. The average molecular weight is 402 g/mol. The molecule has 1 amide bonds. The van der Waals surface area contributed by atoms with E-state index in [1.54, 1.807) is 6.20 Å². The van der Waals surface area contributed by atoms with Crippen molar-refractivity contribution in [1.29, 1.82) is 0 Å². The Bertz CT molecular complexity index is 1170. The van der Waals surface area contributed by atoms with E-state index in [0.717, 1.165) is 33.5 Å². The monoisotopic (exact) mass is 402 g/mol. The number of amides is 1. The molecule has 0 aliphatic rings. The second-order valence-electron chi connectivity index (χ2n) is 6.85. The lowest BCUT2D eigenvalue weighted by atomic mass is 10.1. The number of rotatable bonds is 7. The fourth-order valence-electron chi connectivity index (χ4n) is 3.20. The minimum atomic E-state index is -0.121. The van der Waals surface area contributed by atoms with Gasteiger partial charge in [0.15, 0.2) is 0 Å². The SMILES string of the molecule is CCOc1ccc(-c2noc(CCC(=O)Nc3ccc(C)c4ncccc34)n2)cc1. The molecule has 0 saturated carbocycles. The zero-order chi connectivity index (χ0) is 20.9. The van der Waals surface area contributed by atoms with Crippen molar-refractivity contribution in [2.24, 2.45) is 0 Å². The van der Waals surface area contributed by atoms with Crippen LogP contribution in [-0.4, -0.2) is 27.6 Å². The van der Waals surface area contributed by atoms with Crippen molar-refractivity contribution in [2.75, 3.05) is 11.9 Å². The molecule has 4 rings (SSSR count). The third-order valence-corrected chi connectivity index (χ3v) is 4.70. The van der Waals surface area contributed by atoms with Crippen LogP contribution in [-0.2, 0) is 11.2 Å². The number of carbonyl (C=O) groups is 1. The van der Waals surface area contributed by atoms with E-state index in [-0.39, 0.29) is 12.3 Å². The molecule has 30 heavy (non-hydrogen) atoms. The highest BCUT2D eigenvalue weighted by molar-refractivity contribution is 6.01. The molecule has 0 aliphatic heterocycles. The fourth-order valence-corrected chi connectivity index (χ4v) is 3.20. The first kappa shape index (κ1) is 19.6. The highest BCUT2D eigenvalue weighted by atomic mass is 16.5. The van der Waals surface area contributed by atoms with Crippen LogP contribution >= 0.6 is 0 Å². The van der Waals surface area contributed by atoms with Crippen LogP contribution in [0.1, 0.15) is 24.8 Å². The van der Waals surface area contributed by atoms with Gasteiger partial charge < -0.3 is 14.6 Å². The van der Waals surface area contributed by atoms with Crippen molar-refractivity contribution in [1.82, 2.24) is 15.1 Å². The molecule has 0 spiro atoms. The number of anilines is 1. The first-order chi connectivity index (χ1) is 14.6. The number of pyridine rings is 1. The predicted octanol–water partition coefficient (Wildman–Crippen LogP) is 4.56. The molecule has 0 fully saturated rings. The Morgan fingerprint density at radius 1 is 1.13 bits per heavy atom. The topological polar surface area (TPSA) is 90.1 Å². The van der Waals surface area contributed by atoms with Crippen LogP contribution in [0.3, 0.4) is 0 Å². The van der Waals surface area contributed by atoms with Gasteiger partial charge in [0, 0.05) is 30.0 Å². The van der Waals surface area contributed by atoms with Crippen LogP contribution in [0.5, 0.6) is 5.75 Å². The third kappa shape index (κ3) is 4.30. The van der Waals surface area contributed by atoms with Crippen molar-refractivity contribution in [3.05, 3.63) is 66.2 Å². The van der Waals surface area contributed by atoms with Crippen molar-refractivity contribution >= 4 is 22.5 Å². The molecule has 2 aromatic carbocycles. The molecule has 0 bridgehead atoms. The Morgan fingerprint density at radius 3 is 2.77 bits per heavy atom. The first-order valence-electron chi connectivity index (χ1n) is 9.84. The van der Waals surface area contributed by atoms with E-state index in [1.807, 2.05) is 62.4 Å². The van der Waals surface area contributed by atoms with Crippen LogP contribution in [0, 0.1) is 6.92 Å². The van der Waals surface area contributed by atoms with Gasteiger partial charge in [0.1, 0.15) is 5.75 Å². The smallest absolute Gasteiger partial charge is 0.227 e. The molecular formula is C23H22N4O3. The summed E-state index contributed by atoms with van der Waals surface area (Å²) in [7, 11) is 0. The van der Waals surface area contributed by atoms with Crippen LogP contribution in [0.25, 0.3) is 22.3 Å². The van der Waals surface area contributed by atoms with Crippen molar-refractivity contribution in [2.45, 2.75) is 26.7 Å². The third-order valence-electron chi connectivity index (χ3n) is 4.70. The number of aryl methyl sites for hydroxylation is 2. The zero-order valence-electron chi connectivity index (χ0n) is 16.9. The molecule has 0 atom stereocenters. The maximum Gasteiger partial charge on any atom is 0.227 e. The van der Waals surface area contributed by atoms with E-state index in [1.165, 1.54) is 0 Å². The molecule has 2 heterocycles. The van der Waals surface area contributed by atoms with Crippen LogP contribution in [0.15, 0.2) is 59.3 Å². The van der Waals surface area contributed by atoms with Gasteiger partial charge in [-0.1, -0.05) is 11.2 Å². The van der Waals surface area contributed by atoms with Gasteiger partial charge in [-0.05, 0) is 61.9 Å². The van der Waals surface area contributed by atoms with Crippen LogP contribution in [0.4, 0.5) is 5.69 Å². The molecule has 2 aromatic heterocycles. The predicted molar refractivity (Wildman–Crippen MR) is 114 cm³/mol. The van der Waals surface area contributed by atoms with Crippen LogP contribution in [0.2, 0.25) is 0 Å². The summed E-state index contributed by atoms with van der Waals surface area (Å²) < 4.78 is 10.7. The lowest BCUT2D eigenvalue weighted by molar-refractivity contribution is -0.116. The summed E-state index contributed by atoms with van der Waals surface area (Å²) in [5.41, 5.74) is 3.52. The molecule has 0 unspecified atom stereocenters. The highest BCUT2D eigenvalue weighted by Crippen LogP contribution is 2.25. The van der Waals surface area contributed by atoms with Gasteiger partial charge in [-0.25, -0.2) is 0 Å². The molecule has 7 heteroatoms. The summed E-state index contributed by atoms with van der Waals surface area (Å²) in [5.74, 6) is 1.58. The number of carbonyl (C=O) groups excluding carboxylic acids is 1. The normalized spacial score (nSPS) is 10.9. The largest absolute Gasteiger partial charge is 0.494 e. The molecule has 0 radical (unpaired) electrons. The lowest BCUT2D eigenvalue weighted by Gasteiger charge is -2.09. The summed E-state index contributed by atoms with van der Waals surface area (Å²) in [4.78, 5) is 21.2. The maximum atomic E-state index is 12.5. The second-order valence-corrected chi connectivity index (χ2v) is 6.85. The Labute approximate surface area is 174 Å². The zero-order valence-corrected chi connectivity index (χ0v) is 16.9. The Morgan fingerprint density at radius 2 is 1.97 bits per heavy atom. The van der Waals surface area contributed by atoms with E-state index in [9.17, 15) is 4.79 Å². The first-order valence-corrected chi connectivity index (χ1v) is 9.84. The molecule has 4 aromatic rings. The van der Waals surface area contributed by atoms with Gasteiger partial charge in [0.2, 0.25) is 17.6 Å². The van der Waals surface area contributed by atoms with Gasteiger partial charge in [0.25, 0.3) is 0 Å². The van der Waals surface area contributed by atoms with Gasteiger partial charge in [-0.2, -0.15) is 4.98 Å². The summed E-state index contributed by atoms with van der Waals surface area (Å²) in [6.45, 7) is 4.55. The van der Waals surface area contributed by atoms with E-state index < -0.39 is 0 Å². The van der Waals surface area contributed by atoms with Gasteiger partial charge >= 0.3 is 0 Å². The van der Waals surface area contributed by atoms with E-state index in [4.69, 9.17) is 9.26 Å². The van der Waals surface area contributed by atoms with Crippen molar-refractivity contribution < 1.29 is 14.1 Å². The quantitative estimate of drug-likeness (QED) is 0.487. The Hall–Kier alpha value is -3.74. The average Bonchev–Trinajstić information content (AvgIpc) is 3.24. The maximum absolute atomic E-state index is 12.5. The molecule has 1 N–H and O–H groups in total. The highest BCUT2D eigenvalue weighted by Gasteiger charge is 2.12. The molecular weight excluding hydrogens is 380 g/mol. The van der Waals surface area contributed by atoms with Crippen molar-refractivity contribution in [3.8, 4) is 17.1 Å². The lowest BCUT2D eigenvalue weighted by Crippen LogP contribution is -2.13. The van der Waals surface area contributed by atoms with Gasteiger partial charge in [0.05, 0.1) is 17.8 Å². The minimum absolute atomic E-state index is 0.121. The van der Waals surface area contributed by atoms with E-state index in [0.29, 0.717) is 24.7 Å². The Balaban J connectivity index is 1.39. The molecule has 7 nitrogen and oxygen atoms in total. The van der Waals surface area contributed by atoms with Crippen LogP contribution < -0.4 is 10.1 Å². The number of fused-ring (bicyclic) bond motifs is 1. The number of benzene rings is 2. The standard InChI is InChI=1S/C23H22N4O3/c1-3-29-17-9-7-16(8-10-17)23-26-21(30-27-23)13-12-20(28)25-19-11-6-15(2)22-18(19)5-4-14-24-22/h4-11,14H,3,12-13H2,1-2H3,(H,25,28). The fraction of sp³-hybridized carbons (Fsp3) is 0.217. The molecule has 152 valence electrons. The van der Waals surface area contributed by atoms with Crippen molar-refractivity contribution in [3.63, 3.8) is 0 Å². The summed E-state index contributed by atoms with van der Waals surface area (Å²) >= 11 is 0. The summed E-state index contributed by atoms with van der Waals surface area (Å²) in [6, 6.07) is 15.1. The second kappa shape index (κ2) is 8.73. The summed E-state index contributed by atoms with van der Waals surface area (Å²) in [6.07, 6.45) is 2.34. The van der Waals surface area contributed by atoms with E-state index >= 15 is 0 Å². The number of nitrogens with one attached hydrogen (secondary N) is 1. The molecule has 0 saturated heterocycles. The number of hydrogen-bond acceptors (Lipinski definition) is 6. The number of hydrogen-bond donors (Lipinski definition) is 1. The van der Waals surface area contributed by atoms with Gasteiger partial charge in [-0.15, -0.1) is 0 Å². The van der Waals surface area contributed by atoms with E-state index in [2.05, 4.69) is 20.4 Å². The molecule has 0 aliphatic carbocycles.